The summed E-state index contributed by atoms with van der Waals surface area (Å²) in [4.78, 5) is 50.6. The number of anilines is 1. The minimum atomic E-state index is -3.96. The summed E-state index contributed by atoms with van der Waals surface area (Å²) in [5.74, 6) is -0.690. The van der Waals surface area contributed by atoms with Crippen LogP contribution in [0.2, 0.25) is 0 Å². The van der Waals surface area contributed by atoms with E-state index in [1.165, 1.54) is 0 Å². The van der Waals surface area contributed by atoms with E-state index < -0.39 is 27.9 Å². The molecule has 1 saturated heterocycles. The van der Waals surface area contributed by atoms with Crippen LogP contribution in [0.4, 0.5) is 5.69 Å². The minimum absolute atomic E-state index is 0.0405. The first-order valence-electron chi connectivity index (χ1n) is 13.4. The SMILES string of the molecule is Cc1cc2nc3cc4c(cc3oc-2cc1=[NH+]CCCCS(=O)(=O)O)N(CCCC(=O)ON1C(=O)CCC1=O)CCO4. The van der Waals surface area contributed by atoms with Crippen molar-refractivity contribution < 1.29 is 46.3 Å². The van der Waals surface area contributed by atoms with Crippen molar-refractivity contribution in [3.63, 3.8) is 0 Å². The molecule has 14 heteroatoms. The summed E-state index contributed by atoms with van der Waals surface area (Å²) in [6, 6.07) is 7.45. The summed E-state index contributed by atoms with van der Waals surface area (Å²) in [7, 11) is -3.96. The van der Waals surface area contributed by atoms with Crippen LogP contribution < -0.4 is 20.0 Å². The smallest absolute Gasteiger partial charge is 0.333 e. The molecule has 1 aliphatic carbocycles. The van der Waals surface area contributed by atoms with Gasteiger partial charge in [0.25, 0.3) is 21.9 Å². The highest BCUT2D eigenvalue weighted by Crippen LogP contribution is 2.37. The molecule has 2 N–H and O–H groups in total. The normalized spacial score (nSPS) is 16.0. The van der Waals surface area contributed by atoms with Gasteiger partial charge in [0.2, 0.25) is 5.36 Å². The molecule has 0 radical (unpaired) electrons. The molecular formula is C27H31N4O9S+. The van der Waals surface area contributed by atoms with E-state index in [-0.39, 0.29) is 25.0 Å². The number of hydrogen-bond acceptors (Lipinski definition) is 10. The van der Waals surface area contributed by atoms with Gasteiger partial charge < -0.3 is 18.9 Å². The Balaban J connectivity index is 1.29. The molecule has 0 unspecified atom stereocenters. The zero-order valence-electron chi connectivity index (χ0n) is 22.6. The maximum Gasteiger partial charge on any atom is 0.333 e. The highest BCUT2D eigenvalue weighted by Gasteiger charge is 2.32. The van der Waals surface area contributed by atoms with Crippen LogP contribution >= 0.6 is 0 Å². The van der Waals surface area contributed by atoms with Gasteiger partial charge in [-0.3, -0.25) is 14.1 Å². The lowest BCUT2D eigenvalue weighted by atomic mass is 10.1. The highest BCUT2D eigenvalue weighted by atomic mass is 32.2. The van der Waals surface area contributed by atoms with Crippen molar-refractivity contribution in [2.45, 2.75) is 45.4 Å². The Morgan fingerprint density at radius 3 is 2.66 bits per heavy atom. The fourth-order valence-corrected chi connectivity index (χ4v) is 5.39. The lowest BCUT2D eigenvalue weighted by Gasteiger charge is -2.31. The van der Waals surface area contributed by atoms with E-state index in [2.05, 4.69) is 9.89 Å². The number of aryl methyl sites for hydroxylation is 1. The summed E-state index contributed by atoms with van der Waals surface area (Å²) < 4.78 is 42.8. The molecule has 13 nitrogen and oxygen atoms in total. The second-order valence-corrected chi connectivity index (χ2v) is 11.6. The predicted octanol–water partition coefficient (Wildman–Crippen LogP) is 0.477. The Bertz CT molecular complexity index is 1630. The zero-order valence-corrected chi connectivity index (χ0v) is 23.4. The van der Waals surface area contributed by atoms with E-state index in [0.29, 0.717) is 78.9 Å². The first-order chi connectivity index (χ1) is 19.6. The van der Waals surface area contributed by atoms with Gasteiger partial charge in [0.15, 0.2) is 11.3 Å². The van der Waals surface area contributed by atoms with E-state index in [1.54, 1.807) is 0 Å². The maximum absolute atomic E-state index is 12.2. The number of nitrogens with zero attached hydrogens (tertiary/aromatic N) is 3. The second-order valence-electron chi connectivity index (χ2n) is 10.0. The van der Waals surface area contributed by atoms with E-state index in [0.717, 1.165) is 16.6 Å². The van der Waals surface area contributed by atoms with Crippen molar-refractivity contribution in [1.82, 2.24) is 10.0 Å². The lowest BCUT2D eigenvalue weighted by molar-refractivity contribution is -0.501. The van der Waals surface area contributed by atoms with Gasteiger partial charge >= 0.3 is 5.97 Å². The van der Waals surface area contributed by atoms with Crippen molar-refractivity contribution in [2.75, 3.05) is 36.9 Å². The molecule has 0 atom stereocenters. The third kappa shape index (κ3) is 6.82. The molecule has 3 aliphatic heterocycles. The van der Waals surface area contributed by atoms with E-state index >= 15 is 0 Å². The number of rotatable bonds is 10. The predicted molar refractivity (Wildman–Crippen MR) is 144 cm³/mol. The number of ether oxygens (including phenoxy) is 1. The van der Waals surface area contributed by atoms with Crippen LogP contribution in [0.3, 0.4) is 0 Å². The monoisotopic (exact) mass is 587 g/mol. The Labute approximate surface area is 235 Å². The molecule has 2 amide bonds. The van der Waals surface area contributed by atoms with Gasteiger partial charge in [-0.1, -0.05) is 0 Å². The minimum Gasteiger partial charge on any atom is -0.489 e. The van der Waals surface area contributed by atoms with Crippen LogP contribution in [0.25, 0.3) is 22.6 Å². The quantitative estimate of drug-likeness (QED) is 0.146. The maximum atomic E-state index is 12.2. The largest absolute Gasteiger partial charge is 0.489 e. The Kier molecular flexibility index (Phi) is 8.22. The van der Waals surface area contributed by atoms with E-state index in [9.17, 15) is 22.8 Å². The van der Waals surface area contributed by atoms with E-state index in [4.69, 9.17) is 23.5 Å². The molecule has 4 aliphatic rings. The van der Waals surface area contributed by atoms with Crippen molar-refractivity contribution in [3.8, 4) is 17.2 Å². The number of nitrogens with one attached hydrogen (secondary N) is 1. The summed E-state index contributed by atoms with van der Waals surface area (Å²) in [5, 5.41) is 1.39. The molecule has 0 spiro atoms. The molecule has 218 valence electrons. The van der Waals surface area contributed by atoms with Crippen LogP contribution in [0.15, 0.2) is 28.7 Å². The number of imide groups is 1. The molecule has 1 aromatic rings. The third-order valence-corrected chi connectivity index (χ3v) is 7.72. The molecule has 0 aromatic heterocycles. The number of hydroxylamine groups is 2. The van der Waals surface area contributed by atoms with Crippen molar-refractivity contribution in [3.05, 3.63) is 35.2 Å². The lowest BCUT2D eigenvalue weighted by Crippen LogP contribution is -2.77. The van der Waals surface area contributed by atoms with Crippen molar-refractivity contribution in [1.29, 1.82) is 0 Å². The fraction of sp³-hybridized carbons (Fsp3) is 0.444. The number of hydrogen-bond donors (Lipinski definition) is 2. The van der Waals surface area contributed by atoms with Crippen LogP contribution in [0.5, 0.6) is 5.75 Å². The molecule has 0 saturated carbocycles. The summed E-state index contributed by atoms with van der Waals surface area (Å²) >= 11 is 0. The van der Waals surface area contributed by atoms with Gasteiger partial charge in [0.1, 0.15) is 30.1 Å². The van der Waals surface area contributed by atoms with Gasteiger partial charge in [-0.25, -0.2) is 14.8 Å². The van der Waals surface area contributed by atoms with Crippen LogP contribution in [0, 0.1) is 6.92 Å². The Morgan fingerprint density at radius 2 is 1.90 bits per heavy atom. The molecule has 41 heavy (non-hydrogen) atoms. The number of aromatic nitrogens is 1. The topological polar surface area (TPSA) is 171 Å². The van der Waals surface area contributed by atoms with Gasteiger partial charge in [-0.15, -0.1) is 5.06 Å². The summed E-state index contributed by atoms with van der Waals surface area (Å²) in [5.41, 5.74) is 3.61. The average molecular weight is 588 g/mol. The first-order valence-corrected chi connectivity index (χ1v) is 15.0. The number of fused-ring (bicyclic) bond motifs is 3. The van der Waals surface area contributed by atoms with Gasteiger partial charge in [0, 0.05) is 49.9 Å². The van der Waals surface area contributed by atoms with Crippen LogP contribution in [-0.2, 0) is 29.3 Å². The molecule has 3 heterocycles. The second kappa shape index (κ2) is 11.8. The number of unbranched alkanes of at least 4 members (excludes halogenated alkanes) is 1. The number of benzene rings is 2. The number of carbonyl (C=O) groups excluding carboxylic acids is 3. The Morgan fingerprint density at radius 1 is 1.12 bits per heavy atom. The number of carbonyl (C=O) groups is 3. The van der Waals surface area contributed by atoms with Crippen LogP contribution in [-0.4, -0.2) is 72.8 Å². The molecule has 0 bridgehead atoms. The third-order valence-electron chi connectivity index (χ3n) is 6.92. The Hall–Kier alpha value is -4.04. The van der Waals surface area contributed by atoms with Crippen LogP contribution in [0.1, 0.15) is 44.1 Å². The zero-order chi connectivity index (χ0) is 29.1. The summed E-state index contributed by atoms with van der Waals surface area (Å²) in [6.07, 6.45) is 1.50. The van der Waals surface area contributed by atoms with Gasteiger partial charge in [-0.2, -0.15) is 8.42 Å². The van der Waals surface area contributed by atoms with Crippen molar-refractivity contribution in [2.24, 2.45) is 0 Å². The van der Waals surface area contributed by atoms with Gasteiger partial charge in [0.05, 0.1) is 24.1 Å². The molecular weight excluding hydrogens is 556 g/mol. The van der Waals surface area contributed by atoms with E-state index in [1.807, 2.05) is 31.2 Å². The average Bonchev–Trinajstić information content (AvgIpc) is 3.22. The highest BCUT2D eigenvalue weighted by molar-refractivity contribution is 7.85. The standard InChI is InChI=1S/C27H30N4O9S/c1-17-13-19-22(14-18(17)28-8-2-3-12-41(35,36)37)39-23-16-21-24(15-20(23)29-19)38-11-10-30(21)9-4-5-27(34)40-31-25(32)6-7-26(31)33/h13-16H,2-12H2,1H3,(H,35,36,37)/p+1. The van der Waals surface area contributed by atoms with Crippen molar-refractivity contribution >= 4 is 44.7 Å². The first kappa shape index (κ1) is 28.5. The number of amides is 2. The van der Waals surface area contributed by atoms with Gasteiger partial charge in [-0.05, 0) is 25.8 Å². The molecule has 5 rings (SSSR count). The fourth-order valence-electron chi connectivity index (χ4n) is 4.82. The molecule has 1 aromatic carbocycles. The molecule has 1 fully saturated rings. The summed E-state index contributed by atoms with van der Waals surface area (Å²) in [6.45, 7) is 4.05.